The highest BCUT2D eigenvalue weighted by atomic mass is 35.5. The molecule has 278 valence electrons. The van der Waals surface area contributed by atoms with E-state index < -0.39 is 5.97 Å². The van der Waals surface area contributed by atoms with E-state index in [1.54, 1.807) is 43.3 Å². The van der Waals surface area contributed by atoms with E-state index in [0.29, 0.717) is 46.5 Å². The molecule has 0 radical (unpaired) electrons. The van der Waals surface area contributed by atoms with Crippen molar-refractivity contribution in [2.75, 3.05) is 19.7 Å². The van der Waals surface area contributed by atoms with Gasteiger partial charge in [-0.1, -0.05) is 106 Å². The van der Waals surface area contributed by atoms with Crippen molar-refractivity contribution in [3.63, 3.8) is 0 Å². The van der Waals surface area contributed by atoms with Crippen LogP contribution < -0.4 is 5.43 Å². The summed E-state index contributed by atoms with van der Waals surface area (Å²) in [6.45, 7) is 3.75. The number of ether oxygens (including phenoxy) is 1. The number of piperidine rings is 1. The van der Waals surface area contributed by atoms with Crippen LogP contribution in [0.25, 0.3) is 43.4 Å². The van der Waals surface area contributed by atoms with Crippen molar-refractivity contribution in [2.24, 2.45) is 0 Å². The number of carbonyl (C=O) groups excluding carboxylic acids is 2. The van der Waals surface area contributed by atoms with Gasteiger partial charge in [-0.05, 0) is 79.9 Å². The van der Waals surface area contributed by atoms with Crippen molar-refractivity contribution in [3.8, 4) is 43.4 Å². The molecule has 0 aliphatic carbocycles. The van der Waals surface area contributed by atoms with E-state index >= 15 is 0 Å². The zero-order chi connectivity index (χ0) is 38.4. The lowest BCUT2D eigenvalue weighted by atomic mass is 10.1. The van der Waals surface area contributed by atoms with Crippen LogP contribution in [0.1, 0.15) is 45.8 Å². The first kappa shape index (κ1) is 40.4. The minimum absolute atomic E-state index is 0.205. The third-order valence-electron chi connectivity index (χ3n) is 8.10. The molecule has 0 spiro atoms. The number of esters is 1. The molecule has 0 atom stereocenters. The van der Waals surface area contributed by atoms with Crippen molar-refractivity contribution in [2.45, 2.75) is 26.2 Å². The van der Waals surface area contributed by atoms with Crippen LogP contribution in [0.4, 0.5) is 0 Å². The lowest BCUT2D eigenvalue weighted by Crippen LogP contribution is -2.45. The quantitative estimate of drug-likeness (QED) is 0.153. The molecule has 1 saturated heterocycles. The molecule has 1 amide bonds. The number of hydrogen-bond donors (Lipinski definition) is 1. The average molecular weight is 880 g/mol. The van der Waals surface area contributed by atoms with Crippen molar-refractivity contribution in [1.29, 1.82) is 0 Å². The van der Waals surface area contributed by atoms with Gasteiger partial charge in [0, 0.05) is 49.9 Å². The number of hydrazine groups is 1. The highest BCUT2D eigenvalue weighted by Gasteiger charge is 2.24. The van der Waals surface area contributed by atoms with E-state index in [2.05, 4.69) is 15.4 Å². The summed E-state index contributed by atoms with van der Waals surface area (Å²) in [6.07, 6.45) is 3.36. The first-order valence-corrected chi connectivity index (χ1v) is 20.6. The van der Waals surface area contributed by atoms with Crippen molar-refractivity contribution in [1.82, 2.24) is 20.4 Å². The minimum Gasteiger partial charge on any atom is -0.461 e. The van der Waals surface area contributed by atoms with Crippen LogP contribution in [-0.4, -0.2) is 46.5 Å². The number of benzene rings is 4. The first-order valence-electron chi connectivity index (χ1n) is 16.7. The molecule has 0 saturated carbocycles. The number of amides is 1. The maximum Gasteiger partial charge on any atom is 0.367 e. The van der Waals surface area contributed by atoms with Gasteiger partial charge >= 0.3 is 5.97 Å². The number of thiazole rings is 2. The molecule has 7 rings (SSSR count). The number of nitrogens with zero attached hydrogens (tertiary/aromatic N) is 3. The van der Waals surface area contributed by atoms with Crippen LogP contribution in [0.15, 0.2) is 84.9 Å². The molecule has 2 aromatic heterocycles. The Morgan fingerprint density at radius 1 is 0.648 bits per heavy atom. The summed E-state index contributed by atoms with van der Waals surface area (Å²) in [6, 6.07) is 25.2. The van der Waals surface area contributed by atoms with E-state index in [0.717, 1.165) is 57.9 Å². The van der Waals surface area contributed by atoms with Crippen molar-refractivity contribution >= 4 is 104 Å². The molecule has 4 aromatic carbocycles. The monoisotopic (exact) mass is 876 g/mol. The normalized spacial score (nSPS) is 12.9. The fourth-order valence-corrected chi connectivity index (χ4v) is 8.84. The Hall–Kier alpha value is -3.22. The highest BCUT2D eigenvalue weighted by molar-refractivity contribution is 7.18. The standard InChI is InChI=1S/C21H18Cl3N3OS.C18H12Cl3NO2S/c22-14-6-4-13(5-7-14)19-18(16-9-8-15(23)12-17(16)24)25-21(29-19)20(28)26-27-10-2-1-3-11-27;1-2-24-18(23)17-22-15(10-3-5-11(19)6-4-10)16(25-17)13-8-7-12(20)9-14(13)21/h4-9,12H,1-3,10-11H2,(H,26,28);3-9H,2H2,1H3. The number of rotatable bonds is 8. The minimum atomic E-state index is -0.459. The number of aromatic nitrogens is 2. The first-order chi connectivity index (χ1) is 26.0. The molecule has 1 aliphatic heterocycles. The van der Waals surface area contributed by atoms with Gasteiger partial charge < -0.3 is 4.74 Å². The summed E-state index contributed by atoms with van der Waals surface area (Å²) in [5.41, 5.74) is 7.52. The van der Waals surface area contributed by atoms with Crippen LogP contribution >= 0.6 is 92.3 Å². The second-order valence-corrected chi connectivity index (χ2v) is 16.4. The van der Waals surface area contributed by atoms with Gasteiger partial charge in [0.25, 0.3) is 5.91 Å². The fourth-order valence-electron chi connectivity index (χ4n) is 5.54. The molecule has 15 heteroatoms. The second-order valence-electron chi connectivity index (χ2n) is 11.9. The molecule has 0 bridgehead atoms. The van der Waals surface area contributed by atoms with Crippen LogP contribution in [0, 0.1) is 0 Å². The highest BCUT2D eigenvalue weighted by Crippen LogP contribution is 2.42. The zero-order valence-electron chi connectivity index (χ0n) is 28.5. The molecule has 0 unspecified atom stereocenters. The molecule has 1 fully saturated rings. The van der Waals surface area contributed by atoms with E-state index in [4.69, 9.17) is 74.3 Å². The lowest BCUT2D eigenvalue weighted by molar-refractivity contribution is 0.0525. The number of halogens is 6. The van der Waals surface area contributed by atoms with Gasteiger partial charge in [0.05, 0.1) is 37.8 Å². The van der Waals surface area contributed by atoms with Gasteiger partial charge in [-0.25, -0.2) is 19.8 Å². The largest absolute Gasteiger partial charge is 0.461 e. The van der Waals surface area contributed by atoms with Crippen LogP contribution in [0.5, 0.6) is 0 Å². The maximum atomic E-state index is 12.9. The van der Waals surface area contributed by atoms with Gasteiger partial charge in [0.2, 0.25) is 5.01 Å². The number of nitrogens with one attached hydrogen (secondary N) is 1. The van der Waals surface area contributed by atoms with Crippen LogP contribution in [0.3, 0.4) is 0 Å². The average Bonchev–Trinajstić information content (AvgIpc) is 3.79. The molecule has 3 heterocycles. The van der Waals surface area contributed by atoms with E-state index in [-0.39, 0.29) is 17.5 Å². The summed E-state index contributed by atoms with van der Waals surface area (Å²) in [4.78, 5) is 35.7. The third-order valence-corrected chi connectivity index (χ3v) is 11.9. The predicted octanol–water partition coefficient (Wildman–Crippen LogP) is 13.2. The number of hydrogen-bond acceptors (Lipinski definition) is 8. The topological polar surface area (TPSA) is 84.4 Å². The Kier molecular flexibility index (Phi) is 13.9. The fraction of sp³-hybridized carbons (Fsp3) is 0.179. The second kappa shape index (κ2) is 18.6. The van der Waals surface area contributed by atoms with E-state index in [1.165, 1.54) is 29.1 Å². The summed E-state index contributed by atoms with van der Waals surface area (Å²) >= 11 is 39.4. The summed E-state index contributed by atoms with van der Waals surface area (Å²) in [5, 5.41) is 5.95. The Bertz CT molecular complexity index is 2270. The zero-order valence-corrected chi connectivity index (χ0v) is 34.6. The molecular weight excluding hydrogens is 849 g/mol. The van der Waals surface area contributed by atoms with E-state index in [1.807, 2.05) is 53.5 Å². The molecule has 1 N–H and O–H groups in total. The SMILES string of the molecule is CCOC(=O)c1nc(-c2ccc(Cl)cc2)c(-c2ccc(Cl)cc2Cl)s1.O=C(NN1CCCCC1)c1nc(-c2ccc(Cl)cc2Cl)c(-c2ccc(Cl)cc2)s1. The maximum absolute atomic E-state index is 12.9. The third kappa shape index (κ3) is 9.95. The smallest absolute Gasteiger partial charge is 0.367 e. The van der Waals surface area contributed by atoms with Crippen molar-refractivity contribution in [3.05, 3.63) is 125 Å². The lowest BCUT2D eigenvalue weighted by Gasteiger charge is -2.26. The molecule has 54 heavy (non-hydrogen) atoms. The van der Waals surface area contributed by atoms with Crippen molar-refractivity contribution < 1.29 is 14.3 Å². The Labute approximate surface area is 350 Å². The Morgan fingerprint density at radius 3 is 1.74 bits per heavy atom. The summed E-state index contributed by atoms with van der Waals surface area (Å²) in [7, 11) is 0. The van der Waals surface area contributed by atoms with Gasteiger partial charge in [-0.3, -0.25) is 10.2 Å². The van der Waals surface area contributed by atoms with Crippen LogP contribution in [0.2, 0.25) is 30.1 Å². The van der Waals surface area contributed by atoms with E-state index in [9.17, 15) is 9.59 Å². The Morgan fingerprint density at radius 2 is 1.17 bits per heavy atom. The Balaban J connectivity index is 0.000000186. The van der Waals surface area contributed by atoms with Gasteiger partial charge in [0.15, 0.2) is 5.01 Å². The molecule has 1 aliphatic rings. The van der Waals surface area contributed by atoms with Gasteiger partial charge in [0.1, 0.15) is 0 Å². The number of carbonyl (C=O) groups is 2. The van der Waals surface area contributed by atoms with Gasteiger partial charge in [-0.15, -0.1) is 22.7 Å². The van der Waals surface area contributed by atoms with Gasteiger partial charge in [-0.2, -0.15) is 0 Å². The molecule has 7 nitrogen and oxygen atoms in total. The molecular formula is C39H30Cl6N4O3S2. The predicted molar refractivity (Wildman–Crippen MR) is 225 cm³/mol. The summed E-state index contributed by atoms with van der Waals surface area (Å²) < 4.78 is 5.07. The molecule has 6 aromatic rings. The van der Waals surface area contributed by atoms with Crippen LogP contribution in [-0.2, 0) is 4.74 Å². The summed E-state index contributed by atoms with van der Waals surface area (Å²) in [5.74, 6) is -0.664.